The van der Waals surface area contributed by atoms with E-state index in [1.165, 1.54) is 11.3 Å². The van der Waals surface area contributed by atoms with Crippen molar-refractivity contribution in [2.24, 2.45) is 0 Å². The first-order chi connectivity index (χ1) is 8.65. The number of aromatic nitrogens is 1. The summed E-state index contributed by atoms with van der Waals surface area (Å²) in [7, 11) is 0. The predicted molar refractivity (Wildman–Crippen MR) is 75.1 cm³/mol. The highest BCUT2D eigenvalue weighted by Gasteiger charge is 2.05. The summed E-state index contributed by atoms with van der Waals surface area (Å²) in [4.78, 5) is 15.8. The highest BCUT2D eigenvalue weighted by atomic mass is 32.1. The predicted octanol–water partition coefficient (Wildman–Crippen LogP) is 2.81. The Morgan fingerprint density at radius 3 is 2.94 bits per heavy atom. The molecule has 1 aromatic heterocycles. The van der Waals surface area contributed by atoms with Crippen molar-refractivity contribution in [3.05, 3.63) is 40.9 Å². The van der Waals surface area contributed by atoms with Gasteiger partial charge in [-0.1, -0.05) is 12.1 Å². The Morgan fingerprint density at radius 1 is 1.39 bits per heavy atom. The van der Waals surface area contributed by atoms with Crippen molar-refractivity contribution in [3.8, 4) is 0 Å². The average molecular weight is 261 g/mol. The maximum Gasteiger partial charge on any atom is 0.243 e. The molecular formula is C13H15N3OS. The number of amides is 1. The van der Waals surface area contributed by atoms with Gasteiger partial charge in [0, 0.05) is 17.3 Å². The summed E-state index contributed by atoms with van der Waals surface area (Å²) in [5.74, 6) is -0.0705. The summed E-state index contributed by atoms with van der Waals surface area (Å²) in [6.45, 7) is 4.20. The van der Waals surface area contributed by atoms with E-state index >= 15 is 0 Å². The van der Waals surface area contributed by atoms with Gasteiger partial charge in [-0.15, -0.1) is 11.3 Å². The molecule has 2 N–H and O–H groups in total. The molecule has 1 heterocycles. The monoisotopic (exact) mass is 261 g/mol. The van der Waals surface area contributed by atoms with Gasteiger partial charge in [0.2, 0.25) is 5.91 Å². The van der Waals surface area contributed by atoms with Crippen LogP contribution in [0.1, 0.15) is 11.1 Å². The number of carbonyl (C=O) groups is 1. The van der Waals surface area contributed by atoms with Gasteiger partial charge in [-0.3, -0.25) is 4.79 Å². The van der Waals surface area contributed by atoms with Gasteiger partial charge in [0.1, 0.15) is 0 Å². The van der Waals surface area contributed by atoms with Crippen LogP contribution in [-0.4, -0.2) is 17.4 Å². The van der Waals surface area contributed by atoms with Crippen molar-refractivity contribution in [1.82, 2.24) is 4.98 Å². The molecule has 1 aromatic carbocycles. The maximum absolute atomic E-state index is 11.8. The molecule has 0 saturated heterocycles. The molecule has 0 aliphatic carbocycles. The number of nitrogens with one attached hydrogen (secondary N) is 2. The van der Waals surface area contributed by atoms with Crippen molar-refractivity contribution in [3.63, 3.8) is 0 Å². The zero-order valence-electron chi connectivity index (χ0n) is 10.4. The number of carbonyl (C=O) groups excluding carboxylic acids is 1. The van der Waals surface area contributed by atoms with Gasteiger partial charge in [0.05, 0.1) is 6.54 Å². The number of rotatable bonds is 4. The zero-order valence-corrected chi connectivity index (χ0v) is 11.2. The smallest absolute Gasteiger partial charge is 0.243 e. The number of nitrogens with zero attached hydrogens (tertiary/aromatic N) is 1. The van der Waals surface area contributed by atoms with Crippen molar-refractivity contribution in [1.29, 1.82) is 0 Å². The molecule has 94 valence electrons. The first-order valence-electron chi connectivity index (χ1n) is 5.65. The molecule has 0 atom stereocenters. The van der Waals surface area contributed by atoms with Crippen LogP contribution in [0, 0.1) is 13.8 Å². The highest BCUT2D eigenvalue weighted by molar-refractivity contribution is 7.13. The summed E-state index contributed by atoms with van der Waals surface area (Å²) in [5.41, 5.74) is 3.05. The lowest BCUT2D eigenvalue weighted by molar-refractivity contribution is -0.114. The van der Waals surface area contributed by atoms with Crippen molar-refractivity contribution in [2.45, 2.75) is 13.8 Å². The summed E-state index contributed by atoms with van der Waals surface area (Å²) in [6, 6.07) is 5.99. The van der Waals surface area contributed by atoms with E-state index in [1.807, 2.05) is 37.4 Å². The van der Waals surface area contributed by atoms with E-state index in [0.717, 1.165) is 21.9 Å². The third-order valence-corrected chi connectivity index (χ3v) is 3.23. The maximum atomic E-state index is 11.8. The Balaban J connectivity index is 1.92. The molecule has 4 nitrogen and oxygen atoms in total. The molecule has 0 radical (unpaired) electrons. The van der Waals surface area contributed by atoms with E-state index in [2.05, 4.69) is 15.6 Å². The summed E-state index contributed by atoms with van der Waals surface area (Å²) < 4.78 is 0. The minimum Gasteiger partial charge on any atom is -0.352 e. The van der Waals surface area contributed by atoms with Crippen LogP contribution in [0.4, 0.5) is 10.8 Å². The lowest BCUT2D eigenvalue weighted by atomic mass is 10.1. The van der Waals surface area contributed by atoms with Crippen LogP contribution < -0.4 is 10.6 Å². The zero-order chi connectivity index (χ0) is 13.0. The second kappa shape index (κ2) is 5.64. The molecule has 0 bridgehead atoms. The van der Waals surface area contributed by atoms with Crippen LogP contribution in [-0.2, 0) is 4.79 Å². The van der Waals surface area contributed by atoms with Crippen LogP contribution in [0.25, 0.3) is 0 Å². The third-order valence-electron chi connectivity index (χ3n) is 2.50. The lowest BCUT2D eigenvalue weighted by Gasteiger charge is -2.09. The number of hydrogen-bond acceptors (Lipinski definition) is 4. The standard InChI is InChI=1S/C13H15N3OS/c1-9-3-4-10(2)11(7-9)16-12(17)8-15-13-14-5-6-18-13/h3-7H,8H2,1-2H3,(H,14,15)(H,16,17). The quantitative estimate of drug-likeness (QED) is 0.889. The first kappa shape index (κ1) is 12.6. The Kier molecular flexibility index (Phi) is 3.94. The molecule has 0 spiro atoms. The second-order valence-corrected chi connectivity index (χ2v) is 4.95. The number of benzene rings is 1. The minimum atomic E-state index is -0.0705. The van der Waals surface area contributed by atoms with Gasteiger partial charge in [0.15, 0.2) is 5.13 Å². The van der Waals surface area contributed by atoms with E-state index in [-0.39, 0.29) is 12.5 Å². The Bertz CT molecular complexity index is 537. The molecule has 0 aliphatic heterocycles. The third kappa shape index (κ3) is 3.30. The number of hydrogen-bond donors (Lipinski definition) is 2. The second-order valence-electron chi connectivity index (χ2n) is 4.06. The molecule has 0 saturated carbocycles. The van der Waals surface area contributed by atoms with Crippen molar-refractivity contribution < 1.29 is 4.79 Å². The average Bonchev–Trinajstić information content (AvgIpc) is 2.84. The molecule has 1 amide bonds. The van der Waals surface area contributed by atoms with E-state index < -0.39 is 0 Å². The fraction of sp³-hybridized carbons (Fsp3) is 0.231. The van der Waals surface area contributed by atoms with Gasteiger partial charge in [0.25, 0.3) is 0 Å². The van der Waals surface area contributed by atoms with Crippen LogP contribution in [0.2, 0.25) is 0 Å². The van der Waals surface area contributed by atoms with Crippen LogP contribution >= 0.6 is 11.3 Å². The fourth-order valence-electron chi connectivity index (χ4n) is 1.53. The van der Waals surface area contributed by atoms with E-state index in [1.54, 1.807) is 6.20 Å². The summed E-state index contributed by atoms with van der Waals surface area (Å²) in [5, 5.41) is 8.48. The molecule has 0 aliphatic rings. The molecule has 18 heavy (non-hydrogen) atoms. The van der Waals surface area contributed by atoms with E-state index in [9.17, 15) is 4.79 Å². The first-order valence-corrected chi connectivity index (χ1v) is 6.53. The van der Waals surface area contributed by atoms with E-state index in [0.29, 0.717) is 0 Å². The molecular weight excluding hydrogens is 246 g/mol. The molecule has 2 rings (SSSR count). The minimum absolute atomic E-state index is 0.0705. The number of anilines is 2. The van der Waals surface area contributed by atoms with Crippen LogP contribution in [0.5, 0.6) is 0 Å². The summed E-state index contributed by atoms with van der Waals surface area (Å²) in [6.07, 6.45) is 1.70. The van der Waals surface area contributed by atoms with Gasteiger partial charge in [-0.25, -0.2) is 4.98 Å². The Hall–Kier alpha value is -1.88. The topological polar surface area (TPSA) is 54.0 Å². The van der Waals surface area contributed by atoms with Gasteiger partial charge in [-0.2, -0.15) is 0 Å². The van der Waals surface area contributed by atoms with Gasteiger partial charge in [-0.05, 0) is 31.0 Å². The van der Waals surface area contributed by atoms with Crippen molar-refractivity contribution >= 4 is 28.1 Å². The Labute approximate surface area is 110 Å². The highest BCUT2D eigenvalue weighted by Crippen LogP contribution is 2.16. The normalized spacial score (nSPS) is 10.1. The largest absolute Gasteiger partial charge is 0.352 e. The molecule has 0 unspecified atom stereocenters. The van der Waals surface area contributed by atoms with Crippen molar-refractivity contribution in [2.75, 3.05) is 17.2 Å². The number of aryl methyl sites for hydroxylation is 2. The van der Waals surface area contributed by atoms with Gasteiger partial charge < -0.3 is 10.6 Å². The van der Waals surface area contributed by atoms with Gasteiger partial charge >= 0.3 is 0 Å². The van der Waals surface area contributed by atoms with Crippen LogP contribution in [0.3, 0.4) is 0 Å². The number of thiazole rings is 1. The molecule has 2 aromatic rings. The fourth-order valence-corrected chi connectivity index (χ4v) is 2.06. The molecule has 0 fully saturated rings. The lowest BCUT2D eigenvalue weighted by Crippen LogP contribution is -2.22. The van der Waals surface area contributed by atoms with E-state index in [4.69, 9.17) is 0 Å². The summed E-state index contributed by atoms with van der Waals surface area (Å²) >= 11 is 1.47. The van der Waals surface area contributed by atoms with Crippen LogP contribution in [0.15, 0.2) is 29.8 Å². The Morgan fingerprint density at radius 2 is 2.22 bits per heavy atom. The molecule has 5 heteroatoms. The SMILES string of the molecule is Cc1ccc(C)c(NC(=O)CNc2nccs2)c1.